The third kappa shape index (κ3) is 3.26. The van der Waals surface area contributed by atoms with Gasteiger partial charge in [-0.2, -0.15) is 0 Å². The summed E-state index contributed by atoms with van der Waals surface area (Å²) in [7, 11) is 1.58. The topological polar surface area (TPSA) is 38.3 Å². The number of carbonyl (C=O) groups is 1. The number of carbonyl (C=O) groups excluding carboxylic acids is 1. The van der Waals surface area contributed by atoms with Gasteiger partial charge in [0, 0.05) is 5.88 Å². The van der Waals surface area contributed by atoms with Crippen molar-refractivity contribution < 1.29 is 9.53 Å². The van der Waals surface area contributed by atoms with E-state index in [1.165, 1.54) is 6.42 Å². The second kappa shape index (κ2) is 6.49. The predicted molar refractivity (Wildman–Crippen MR) is 81.5 cm³/mol. The molecule has 0 aliphatic heterocycles. The van der Waals surface area contributed by atoms with Crippen molar-refractivity contribution in [3.8, 4) is 5.75 Å². The predicted octanol–water partition coefficient (Wildman–Crippen LogP) is 3.61. The van der Waals surface area contributed by atoms with E-state index in [0.717, 1.165) is 19.3 Å². The van der Waals surface area contributed by atoms with Crippen LogP contribution < -0.4 is 10.1 Å². The third-order valence-corrected chi connectivity index (χ3v) is 4.59. The van der Waals surface area contributed by atoms with Crippen LogP contribution in [0.15, 0.2) is 24.3 Å². The molecule has 2 atom stereocenters. The van der Waals surface area contributed by atoms with Crippen LogP contribution in [-0.2, 0) is 0 Å². The number of benzene rings is 1. The first-order chi connectivity index (χ1) is 9.60. The summed E-state index contributed by atoms with van der Waals surface area (Å²) in [5, 5.41) is 3.15. The van der Waals surface area contributed by atoms with Crippen molar-refractivity contribution in [2.24, 2.45) is 5.92 Å². The Balaban J connectivity index is 2.17. The lowest BCUT2D eigenvalue weighted by atomic mass is 9.77. The minimum atomic E-state index is -0.281. The lowest BCUT2D eigenvalue weighted by molar-refractivity contribution is 0.0864. The van der Waals surface area contributed by atoms with Gasteiger partial charge < -0.3 is 10.1 Å². The number of para-hydroxylation sites is 1. The average Bonchev–Trinajstić information content (AvgIpc) is 2.47. The normalized spacial score (nSPS) is 26.1. The summed E-state index contributed by atoms with van der Waals surface area (Å²) in [4.78, 5) is 12.5. The zero-order valence-electron chi connectivity index (χ0n) is 12.1. The summed E-state index contributed by atoms with van der Waals surface area (Å²) in [5.74, 6) is 1.55. The third-order valence-electron chi connectivity index (χ3n) is 4.08. The van der Waals surface area contributed by atoms with E-state index in [1.807, 2.05) is 12.1 Å². The molecule has 1 aliphatic rings. The fourth-order valence-electron chi connectivity index (χ4n) is 3.07. The molecule has 0 radical (unpaired) electrons. The molecule has 0 aromatic heterocycles. The Morgan fingerprint density at radius 3 is 2.90 bits per heavy atom. The SMILES string of the molecule is COc1ccccc1C(=O)NC1(CCl)CCCC(C)C1. The molecule has 20 heavy (non-hydrogen) atoms. The maximum absolute atomic E-state index is 12.5. The van der Waals surface area contributed by atoms with E-state index in [9.17, 15) is 4.79 Å². The molecule has 0 spiro atoms. The molecule has 1 saturated carbocycles. The Labute approximate surface area is 125 Å². The Kier molecular flexibility index (Phi) is 4.92. The van der Waals surface area contributed by atoms with Crippen molar-refractivity contribution in [3.63, 3.8) is 0 Å². The number of nitrogens with one attached hydrogen (secondary N) is 1. The minimum Gasteiger partial charge on any atom is -0.496 e. The second-order valence-corrected chi connectivity index (χ2v) is 6.04. The molecular formula is C16H22ClNO2. The molecule has 1 aliphatic carbocycles. The van der Waals surface area contributed by atoms with E-state index < -0.39 is 0 Å². The first-order valence-corrected chi connectivity index (χ1v) is 7.65. The highest BCUT2D eigenvalue weighted by Gasteiger charge is 2.36. The van der Waals surface area contributed by atoms with Gasteiger partial charge in [0.2, 0.25) is 0 Å². The van der Waals surface area contributed by atoms with E-state index in [4.69, 9.17) is 16.3 Å². The van der Waals surface area contributed by atoms with Crippen molar-refractivity contribution in [2.75, 3.05) is 13.0 Å². The van der Waals surface area contributed by atoms with Crippen LogP contribution >= 0.6 is 11.6 Å². The van der Waals surface area contributed by atoms with Crippen molar-refractivity contribution >= 4 is 17.5 Å². The molecule has 1 aromatic carbocycles. The van der Waals surface area contributed by atoms with Gasteiger partial charge in [-0.3, -0.25) is 4.79 Å². The summed E-state index contributed by atoms with van der Waals surface area (Å²) in [5.41, 5.74) is 0.287. The molecule has 2 rings (SSSR count). The quantitative estimate of drug-likeness (QED) is 0.862. The fraction of sp³-hybridized carbons (Fsp3) is 0.562. The highest BCUT2D eigenvalue weighted by molar-refractivity contribution is 6.19. The van der Waals surface area contributed by atoms with Crippen molar-refractivity contribution in [1.82, 2.24) is 5.32 Å². The van der Waals surface area contributed by atoms with Crippen LogP contribution in [0.4, 0.5) is 0 Å². The summed E-state index contributed by atoms with van der Waals surface area (Å²) in [6, 6.07) is 7.28. The van der Waals surface area contributed by atoms with Gasteiger partial charge >= 0.3 is 0 Å². The Bertz CT molecular complexity index is 477. The number of ether oxygens (including phenoxy) is 1. The van der Waals surface area contributed by atoms with Gasteiger partial charge in [0.25, 0.3) is 5.91 Å². The summed E-state index contributed by atoms with van der Waals surface area (Å²) in [6.07, 6.45) is 4.21. The molecule has 110 valence electrons. The first-order valence-electron chi connectivity index (χ1n) is 7.12. The maximum atomic E-state index is 12.5. The lowest BCUT2D eigenvalue weighted by Crippen LogP contribution is -2.52. The average molecular weight is 296 g/mol. The van der Waals surface area contributed by atoms with Crippen LogP contribution in [0.1, 0.15) is 43.0 Å². The Morgan fingerprint density at radius 1 is 1.50 bits per heavy atom. The largest absolute Gasteiger partial charge is 0.496 e. The van der Waals surface area contributed by atoms with E-state index in [2.05, 4.69) is 12.2 Å². The van der Waals surface area contributed by atoms with Crippen LogP contribution in [0.25, 0.3) is 0 Å². The van der Waals surface area contributed by atoms with Crippen molar-refractivity contribution in [2.45, 2.75) is 38.1 Å². The highest BCUT2D eigenvalue weighted by atomic mass is 35.5. The van der Waals surface area contributed by atoms with E-state index in [-0.39, 0.29) is 11.4 Å². The standard InChI is InChI=1S/C16H22ClNO2/c1-12-6-5-9-16(10-12,11-17)18-15(19)13-7-3-4-8-14(13)20-2/h3-4,7-8,12H,5-6,9-11H2,1-2H3,(H,18,19). The second-order valence-electron chi connectivity index (χ2n) is 5.77. The minimum absolute atomic E-state index is 0.0998. The zero-order chi connectivity index (χ0) is 14.6. The molecule has 0 saturated heterocycles. The molecule has 1 amide bonds. The summed E-state index contributed by atoms with van der Waals surface area (Å²) in [6.45, 7) is 2.22. The Hall–Kier alpha value is -1.22. The van der Waals surface area contributed by atoms with Crippen LogP contribution in [0.2, 0.25) is 0 Å². The summed E-state index contributed by atoms with van der Waals surface area (Å²) >= 11 is 6.16. The molecule has 2 unspecified atom stereocenters. The van der Waals surface area contributed by atoms with Crippen molar-refractivity contribution in [1.29, 1.82) is 0 Å². The number of hydrogen-bond donors (Lipinski definition) is 1. The van der Waals surface area contributed by atoms with Gasteiger partial charge in [-0.05, 0) is 30.9 Å². The molecule has 0 bridgehead atoms. The van der Waals surface area contributed by atoms with Gasteiger partial charge in [0.05, 0.1) is 18.2 Å². The number of amides is 1. The van der Waals surface area contributed by atoms with Gasteiger partial charge in [-0.1, -0.05) is 31.9 Å². The number of alkyl halides is 1. The van der Waals surface area contributed by atoms with Gasteiger partial charge in [-0.25, -0.2) is 0 Å². The van der Waals surface area contributed by atoms with Crippen molar-refractivity contribution in [3.05, 3.63) is 29.8 Å². The molecule has 1 fully saturated rings. The number of rotatable bonds is 4. The molecule has 1 aromatic rings. The van der Waals surface area contributed by atoms with E-state index in [1.54, 1.807) is 19.2 Å². The molecule has 1 N–H and O–H groups in total. The molecular weight excluding hydrogens is 274 g/mol. The Morgan fingerprint density at radius 2 is 2.25 bits per heavy atom. The van der Waals surface area contributed by atoms with E-state index in [0.29, 0.717) is 23.1 Å². The van der Waals surface area contributed by atoms with Gasteiger partial charge in [0.1, 0.15) is 5.75 Å². The monoisotopic (exact) mass is 295 g/mol. The molecule has 3 nitrogen and oxygen atoms in total. The summed E-state index contributed by atoms with van der Waals surface area (Å²) < 4.78 is 5.25. The van der Waals surface area contributed by atoms with Crippen LogP contribution in [0, 0.1) is 5.92 Å². The highest BCUT2D eigenvalue weighted by Crippen LogP contribution is 2.33. The smallest absolute Gasteiger partial charge is 0.255 e. The first kappa shape index (κ1) is 15.2. The number of halogens is 1. The number of methoxy groups -OCH3 is 1. The maximum Gasteiger partial charge on any atom is 0.255 e. The molecule has 4 heteroatoms. The van der Waals surface area contributed by atoms with Gasteiger partial charge in [0.15, 0.2) is 0 Å². The number of hydrogen-bond acceptors (Lipinski definition) is 2. The zero-order valence-corrected chi connectivity index (χ0v) is 12.9. The van der Waals surface area contributed by atoms with Crippen LogP contribution in [0.5, 0.6) is 5.75 Å². The van der Waals surface area contributed by atoms with Crippen LogP contribution in [0.3, 0.4) is 0 Å². The lowest BCUT2D eigenvalue weighted by Gasteiger charge is -2.39. The fourth-order valence-corrected chi connectivity index (χ4v) is 3.38. The van der Waals surface area contributed by atoms with Crippen LogP contribution in [-0.4, -0.2) is 24.4 Å². The molecule has 0 heterocycles. The van der Waals surface area contributed by atoms with E-state index >= 15 is 0 Å². The van der Waals surface area contributed by atoms with Gasteiger partial charge in [-0.15, -0.1) is 11.6 Å².